The van der Waals surface area contributed by atoms with E-state index in [1.807, 2.05) is 12.1 Å². The highest BCUT2D eigenvalue weighted by Gasteiger charge is 2.23. The SMILES string of the molecule is NC(=O)c1ccc2c(c1)Oc1cc(C(N)=O)cc(-c3ccc(N)cc3)c1N2. The minimum atomic E-state index is -0.574. The lowest BCUT2D eigenvalue weighted by Gasteiger charge is -2.25. The van der Waals surface area contributed by atoms with Crippen molar-refractivity contribution in [1.82, 2.24) is 0 Å². The summed E-state index contributed by atoms with van der Waals surface area (Å²) >= 11 is 0. The summed E-state index contributed by atoms with van der Waals surface area (Å²) in [6.45, 7) is 0. The lowest BCUT2D eigenvalue weighted by Crippen LogP contribution is -2.14. The van der Waals surface area contributed by atoms with E-state index >= 15 is 0 Å². The molecular formula is C20H16N4O3. The molecule has 0 unspecified atom stereocenters. The van der Waals surface area contributed by atoms with Crippen molar-refractivity contribution in [3.05, 3.63) is 65.7 Å². The highest BCUT2D eigenvalue weighted by atomic mass is 16.5. The summed E-state index contributed by atoms with van der Waals surface area (Å²) in [6, 6.07) is 15.4. The molecule has 0 spiro atoms. The van der Waals surface area contributed by atoms with Crippen molar-refractivity contribution in [2.75, 3.05) is 11.1 Å². The quantitative estimate of drug-likeness (QED) is 0.417. The van der Waals surface area contributed by atoms with Crippen molar-refractivity contribution in [2.24, 2.45) is 11.5 Å². The molecule has 1 heterocycles. The number of amides is 2. The second-order valence-corrected chi connectivity index (χ2v) is 6.19. The van der Waals surface area contributed by atoms with Crippen LogP contribution in [0.5, 0.6) is 11.5 Å². The van der Waals surface area contributed by atoms with Crippen molar-refractivity contribution < 1.29 is 14.3 Å². The van der Waals surface area contributed by atoms with E-state index in [0.29, 0.717) is 39.7 Å². The maximum absolute atomic E-state index is 11.8. The van der Waals surface area contributed by atoms with E-state index < -0.39 is 11.8 Å². The summed E-state index contributed by atoms with van der Waals surface area (Å²) in [5.41, 5.74) is 20.8. The first kappa shape index (κ1) is 16.5. The average molecular weight is 360 g/mol. The molecule has 0 radical (unpaired) electrons. The fourth-order valence-corrected chi connectivity index (χ4v) is 2.97. The molecule has 0 aliphatic carbocycles. The minimum Gasteiger partial charge on any atom is -0.453 e. The van der Waals surface area contributed by atoms with Crippen LogP contribution in [0, 0.1) is 0 Å². The lowest BCUT2D eigenvalue weighted by atomic mass is 9.98. The third-order valence-corrected chi connectivity index (χ3v) is 4.35. The second kappa shape index (κ2) is 6.06. The predicted octanol–water partition coefficient (Wildman–Crippen LogP) is 2.98. The van der Waals surface area contributed by atoms with E-state index in [2.05, 4.69) is 5.32 Å². The summed E-state index contributed by atoms with van der Waals surface area (Å²) < 4.78 is 5.94. The Kier molecular flexibility index (Phi) is 3.70. The molecule has 27 heavy (non-hydrogen) atoms. The molecular weight excluding hydrogens is 344 g/mol. The Morgan fingerprint density at radius 2 is 1.48 bits per heavy atom. The molecule has 0 saturated heterocycles. The van der Waals surface area contributed by atoms with E-state index in [1.165, 1.54) is 0 Å². The van der Waals surface area contributed by atoms with Crippen LogP contribution in [-0.2, 0) is 0 Å². The molecule has 7 nitrogen and oxygen atoms in total. The molecule has 0 bridgehead atoms. The van der Waals surface area contributed by atoms with Crippen LogP contribution in [0.25, 0.3) is 11.1 Å². The van der Waals surface area contributed by atoms with Gasteiger partial charge in [0.15, 0.2) is 11.5 Å². The van der Waals surface area contributed by atoms with Crippen molar-refractivity contribution in [3.8, 4) is 22.6 Å². The molecule has 0 aromatic heterocycles. The Labute approximate surface area is 154 Å². The van der Waals surface area contributed by atoms with Gasteiger partial charge in [-0.05, 0) is 48.0 Å². The molecule has 0 saturated carbocycles. The van der Waals surface area contributed by atoms with Crippen molar-refractivity contribution >= 4 is 28.9 Å². The van der Waals surface area contributed by atoms with Crippen LogP contribution in [0.1, 0.15) is 20.7 Å². The molecule has 0 fully saturated rings. The molecule has 1 aliphatic rings. The number of carbonyl (C=O) groups is 2. The van der Waals surface area contributed by atoms with Gasteiger partial charge in [-0.1, -0.05) is 12.1 Å². The molecule has 3 aromatic rings. The van der Waals surface area contributed by atoms with Gasteiger partial charge in [0.1, 0.15) is 0 Å². The summed E-state index contributed by atoms with van der Waals surface area (Å²) in [5.74, 6) is -0.272. The van der Waals surface area contributed by atoms with Gasteiger partial charge >= 0.3 is 0 Å². The van der Waals surface area contributed by atoms with Crippen LogP contribution in [0.15, 0.2) is 54.6 Å². The van der Waals surface area contributed by atoms with Gasteiger partial charge in [-0.15, -0.1) is 0 Å². The fourth-order valence-electron chi connectivity index (χ4n) is 2.97. The summed E-state index contributed by atoms with van der Waals surface area (Å²) in [6.07, 6.45) is 0. The average Bonchev–Trinajstić information content (AvgIpc) is 2.65. The van der Waals surface area contributed by atoms with Crippen LogP contribution in [-0.4, -0.2) is 11.8 Å². The van der Waals surface area contributed by atoms with E-state index in [-0.39, 0.29) is 0 Å². The first-order valence-corrected chi connectivity index (χ1v) is 8.15. The van der Waals surface area contributed by atoms with Gasteiger partial charge in [-0.3, -0.25) is 9.59 Å². The topological polar surface area (TPSA) is 133 Å². The van der Waals surface area contributed by atoms with E-state index in [1.54, 1.807) is 42.5 Å². The fraction of sp³-hybridized carbons (Fsp3) is 0. The zero-order chi connectivity index (χ0) is 19.1. The van der Waals surface area contributed by atoms with Gasteiger partial charge in [-0.2, -0.15) is 0 Å². The molecule has 2 amide bonds. The van der Waals surface area contributed by atoms with Gasteiger partial charge in [0.2, 0.25) is 11.8 Å². The minimum absolute atomic E-state index is 0.303. The normalized spacial score (nSPS) is 11.6. The number of fused-ring (bicyclic) bond motifs is 2. The van der Waals surface area contributed by atoms with E-state index in [4.69, 9.17) is 21.9 Å². The Balaban J connectivity index is 1.87. The Morgan fingerprint density at radius 1 is 0.815 bits per heavy atom. The molecule has 4 rings (SSSR count). The Bertz CT molecular complexity index is 1090. The number of hydrogen-bond acceptors (Lipinski definition) is 5. The number of rotatable bonds is 3. The lowest BCUT2D eigenvalue weighted by molar-refractivity contribution is 0.0992. The van der Waals surface area contributed by atoms with E-state index in [0.717, 1.165) is 11.1 Å². The van der Waals surface area contributed by atoms with Crippen LogP contribution >= 0.6 is 0 Å². The third kappa shape index (κ3) is 2.91. The second-order valence-electron chi connectivity index (χ2n) is 6.19. The summed E-state index contributed by atoms with van der Waals surface area (Å²) in [5, 5.41) is 3.29. The van der Waals surface area contributed by atoms with Gasteiger partial charge in [0, 0.05) is 22.4 Å². The predicted molar refractivity (Wildman–Crippen MR) is 103 cm³/mol. The number of primary amides is 2. The number of hydrogen-bond donors (Lipinski definition) is 4. The number of nitrogens with one attached hydrogen (secondary N) is 1. The Morgan fingerprint density at radius 3 is 2.15 bits per heavy atom. The van der Waals surface area contributed by atoms with Crippen molar-refractivity contribution in [2.45, 2.75) is 0 Å². The third-order valence-electron chi connectivity index (χ3n) is 4.35. The standard InChI is InChI=1S/C20H16N4O3/c21-13-4-1-10(2-5-13)14-7-12(20(23)26)9-17-18(14)24-15-6-3-11(19(22)25)8-16(15)27-17/h1-9,24H,21H2,(H2,22,25)(H2,23,26). The first-order valence-electron chi connectivity index (χ1n) is 8.15. The highest BCUT2D eigenvalue weighted by Crippen LogP contribution is 2.47. The molecule has 3 aromatic carbocycles. The van der Waals surface area contributed by atoms with Crippen molar-refractivity contribution in [3.63, 3.8) is 0 Å². The summed E-state index contributed by atoms with van der Waals surface area (Å²) in [7, 11) is 0. The van der Waals surface area contributed by atoms with Gasteiger partial charge in [-0.25, -0.2) is 0 Å². The Hall–Kier alpha value is -4.00. The van der Waals surface area contributed by atoms with E-state index in [9.17, 15) is 9.59 Å². The van der Waals surface area contributed by atoms with Gasteiger partial charge < -0.3 is 27.3 Å². The monoisotopic (exact) mass is 360 g/mol. The number of ether oxygens (including phenoxy) is 1. The molecule has 0 atom stereocenters. The van der Waals surface area contributed by atoms with Crippen LogP contribution in [0.4, 0.5) is 17.1 Å². The van der Waals surface area contributed by atoms with Crippen LogP contribution < -0.4 is 27.3 Å². The van der Waals surface area contributed by atoms with Crippen LogP contribution in [0.2, 0.25) is 0 Å². The van der Waals surface area contributed by atoms with Crippen molar-refractivity contribution in [1.29, 1.82) is 0 Å². The number of benzene rings is 3. The zero-order valence-corrected chi connectivity index (χ0v) is 14.2. The maximum atomic E-state index is 11.8. The number of nitrogen functional groups attached to an aromatic ring is 1. The molecule has 134 valence electrons. The number of carbonyl (C=O) groups excluding carboxylic acids is 2. The highest BCUT2D eigenvalue weighted by molar-refractivity contribution is 6.00. The van der Waals surface area contributed by atoms with Crippen LogP contribution in [0.3, 0.4) is 0 Å². The molecule has 7 N–H and O–H groups in total. The smallest absolute Gasteiger partial charge is 0.248 e. The van der Waals surface area contributed by atoms with Gasteiger partial charge in [0.05, 0.1) is 11.4 Å². The zero-order valence-electron chi connectivity index (χ0n) is 14.2. The molecule has 7 heteroatoms. The molecule has 1 aliphatic heterocycles. The first-order chi connectivity index (χ1) is 12.9. The van der Waals surface area contributed by atoms with Gasteiger partial charge in [0.25, 0.3) is 0 Å². The largest absolute Gasteiger partial charge is 0.453 e. The number of anilines is 3. The maximum Gasteiger partial charge on any atom is 0.248 e. The summed E-state index contributed by atoms with van der Waals surface area (Å²) in [4.78, 5) is 23.2. The number of nitrogens with two attached hydrogens (primary N) is 3.